The van der Waals surface area contributed by atoms with E-state index in [1.165, 1.54) is 0 Å². The van der Waals surface area contributed by atoms with Gasteiger partial charge < -0.3 is 139 Å². The van der Waals surface area contributed by atoms with Crippen molar-refractivity contribution in [2.75, 3.05) is 26.4 Å². The first-order chi connectivity index (χ1) is 41.7. The van der Waals surface area contributed by atoms with Gasteiger partial charge in [-0.25, -0.2) is 0 Å². The van der Waals surface area contributed by atoms with Gasteiger partial charge in [0.05, 0.1) is 56.4 Å². The van der Waals surface area contributed by atoms with Gasteiger partial charge in [0.25, 0.3) is 0 Å². The molecule has 18 N–H and O–H groups in total. The molecular formula is C61H104O28. The summed E-state index contributed by atoms with van der Waals surface area (Å²) in [5.74, 6) is 0.000205. The Hall–Kier alpha value is -1.38. The molecule has 89 heavy (non-hydrogen) atoms. The summed E-state index contributed by atoms with van der Waals surface area (Å²) in [5.41, 5.74) is -2.56. The Morgan fingerprint density at radius 3 is 1.55 bits per heavy atom. The lowest BCUT2D eigenvalue weighted by Crippen LogP contribution is -2.66. The normalized spacial score (nSPS) is 51.8. The molecule has 28 nitrogen and oxygen atoms in total. The van der Waals surface area contributed by atoms with E-state index in [1.54, 1.807) is 20.8 Å². The highest BCUT2D eigenvalue weighted by molar-refractivity contribution is 5.32. The average Bonchev–Trinajstić information content (AvgIpc) is 1.66. The van der Waals surface area contributed by atoms with Crippen molar-refractivity contribution in [2.24, 2.45) is 45.3 Å². The average molecular weight is 1290 g/mol. The first kappa shape index (κ1) is 71.9. The molecule has 8 fully saturated rings. The molecule has 5 saturated heterocycles. The Kier molecular flexibility index (Phi) is 22.3. The van der Waals surface area contributed by atoms with Gasteiger partial charge in [-0.3, -0.25) is 0 Å². The van der Waals surface area contributed by atoms with Crippen LogP contribution in [0.2, 0.25) is 0 Å². The van der Waals surface area contributed by atoms with Crippen molar-refractivity contribution >= 4 is 0 Å². The van der Waals surface area contributed by atoms with E-state index in [2.05, 4.69) is 33.8 Å². The van der Waals surface area contributed by atoms with Gasteiger partial charge in [0.1, 0.15) is 116 Å². The fourth-order valence-electron chi connectivity index (χ4n) is 17.3. The second kappa shape index (κ2) is 27.6. The summed E-state index contributed by atoms with van der Waals surface area (Å²) in [5, 5.41) is 196. The van der Waals surface area contributed by atoms with Gasteiger partial charge in [0, 0.05) is 10.8 Å². The smallest absolute Gasteiger partial charge is 0.187 e. The van der Waals surface area contributed by atoms with Crippen LogP contribution < -0.4 is 0 Å². The van der Waals surface area contributed by atoms with Gasteiger partial charge in [0.2, 0.25) is 0 Å². The van der Waals surface area contributed by atoms with Gasteiger partial charge >= 0.3 is 0 Å². The van der Waals surface area contributed by atoms with Crippen molar-refractivity contribution in [1.29, 1.82) is 0 Å². The third-order valence-electron chi connectivity index (χ3n) is 23.1. The van der Waals surface area contributed by atoms with Crippen molar-refractivity contribution in [1.82, 2.24) is 0 Å². The maximum atomic E-state index is 12.9. The summed E-state index contributed by atoms with van der Waals surface area (Å²) < 4.78 is 60.6. The van der Waals surface area contributed by atoms with E-state index in [9.17, 15) is 91.9 Å². The molecule has 0 aromatic carbocycles. The molecule has 516 valence electrons. The minimum Gasteiger partial charge on any atom is -0.394 e. The van der Waals surface area contributed by atoms with E-state index < -0.39 is 215 Å². The predicted octanol–water partition coefficient (Wildman–Crippen LogP) is -3.99. The van der Waals surface area contributed by atoms with E-state index in [-0.39, 0.29) is 47.3 Å². The minimum absolute atomic E-state index is 0.0137. The summed E-state index contributed by atoms with van der Waals surface area (Å²) in [4.78, 5) is 0. The van der Waals surface area contributed by atoms with E-state index in [1.807, 2.05) is 13.8 Å². The molecular weight excluding hydrogens is 1180 g/mol. The zero-order valence-electron chi connectivity index (χ0n) is 52.4. The Bertz CT molecular complexity index is 2340. The topological polar surface area (TPSA) is 456 Å². The third-order valence-corrected chi connectivity index (χ3v) is 23.1. The van der Waals surface area contributed by atoms with Crippen LogP contribution in [0.3, 0.4) is 0 Å². The molecule has 35 atom stereocenters. The molecule has 0 radical (unpaired) electrons. The summed E-state index contributed by atoms with van der Waals surface area (Å²) in [6.45, 7) is 15.0. The zero-order chi connectivity index (χ0) is 65.5. The molecule has 5 heterocycles. The van der Waals surface area contributed by atoms with E-state index in [4.69, 9.17) is 47.4 Å². The van der Waals surface area contributed by atoms with Crippen LogP contribution in [-0.2, 0) is 47.4 Å². The first-order valence-corrected chi connectivity index (χ1v) is 32.0. The van der Waals surface area contributed by atoms with Crippen LogP contribution in [0.5, 0.6) is 0 Å². The maximum absolute atomic E-state index is 12.9. The van der Waals surface area contributed by atoms with Gasteiger partial charge in [-0.15, -0.1) is 0 Å². The summed E-state index contributed by atoms with van der Waals surface area (Å²) in [7, 11) is 0. The highest BCUT2D eigenvalue weighted by Crippen LogP contribution is 2.75. The largest absolute Gasteiger partial charge is 0.394 e. The van der Waals surface area contributed by atoms with Crippen LogP contribution in [0.25, 0.3) is 0 Å². The van der Waals surface area contributed by atoms with Gasteiger partial charge in [-0.1, -0.05) is 60.1 Å². The van der Waals surface area contributed by atoms with Crippen molar-refractivity contribution in [3.05, 3.63) is 11.6 Å². The predicted molar refractivity (Wildman–Crippen MR) is 303 cm³/mol. The van der Waals surface area contributed by atoms with Gasteiger partial charge in [0.15, 0.2) is 31.5 Å². The second-order valence-electron chi connectivity index (χ2n) is 28.9. The Morgan fingerprint density at radius 2 is 1.01 bits per heavy atom. The SMILES string of the molecule is CC[C@@H]1O[C@H](O[C@H]2[C@H](O[C@H](CC[C@@H](C)C3CC[C@@]4(C)C5CC=C6C(CC[C@H](O[C@@H]7O[C@H](CO[C@@H]8O[C@H](CO)[C@@H](O)[C@H](O)[C@H]8O)[C@@H](O)[C@H](O)[C@H]7O[C@H]7O[C@@H](CO)[C@H](O)[C@@H](O)[C@@H]7O)C6(C)C)[C@]5(C)[C@H](O)C[C@]34C)C(C)(C)O)O[C@H](CO)[C@@H](O)[C@@H]2O)[C@@H](O)[C@H](O)[C@H]1O. The quantitative estimate of drug-likeness (QED) is 0.0517. The van der Waals surface area contributed by atoms with E-state index in [0.717, 1.165) is 18.4 Å². The van der Waals surface area contributed by atoms with Crippen molar-refractivity contribution in [3.63, 3.8) is 0 Å². The van der Waals surface area contributed by atoms with Crippen LogP contribution in [0, 0.1) is 45.3 Å². The monoisotopic (exact) mass is 1280 g/mol. The van der Waals surface area contributed by atoms with Gasteiger partial charge in [-0.05, 0) is 106 Å². The van der Waals surface area contributed by atoms with E-state index >= 15 is 0 Å². The minimum atomic E-state index is -1.91. The van der Waals surface area contributed by atoms with Crippen molar-refractivity contribution < 1.29 is 139 Å². The molecule has 0 spiro atoms. The molecule has 4 aliphatic carbocycles. The van der Waals surface area contributed by atoms with Gasteiger partial charge in [-0.2, -0.15) is 0 Å². The molecule has 0 aromatic rings. The number of rotatable bonds is 20. The number of hydrogen-bond donors (Lipinski definition) is 18. The number of hydrogen-bond acceptors (Lipinski definition) is 28. The molecule has 9 aliphatic rings. The molecule has 5 aliphatic heterocycles. The first-order valence-electron chi connectivity index (χ1n) is 32.0. The lowest BCUT2D eigenvalue weighted by molar-refractivity contribution is -0.379. The molecule has 0 aromatic heterocycles. The highest BCUT2D eigenvalue weighted by atomic mass is 16.8. The molecule has 28 heteroatoms. The number of ether oxygens (including phenoxy) is 10. The summed E-state index contributed by atoms with van der Waals surface area (Å²) in [6, 6.07) is 0. The maximum Gasteiger partial charge on any atom is 0.187 e. The van der Waals surface area contributed by atoms with Crippen LogP contribution >= 0.6 is 0 Å². The van der Waals surface area contributed by atoms with E-state index in [0.29, 0.717) is 32.1 Å². The van der Waals surface area contributed by atoms with Crippen LogP contribution in [0.1, 0.15) is 120 Å². The zero-order valence-corrected chi connectivity index (χ0v) is 52.4. The Balaban J connectivity index is 0.912. The molecule has 9 rings (SSSR count). The molecule has 3 saturated carbocycles. The lowest BCUT2D eigenvalue weighted by atomic mass is 9.38. The molecule has 3 unspecified atom stereocenters. The lowest BCUT2D eigenvalue weighted by Gasteiger charge is -2.67. The fraction of sp³-hybridized carbons (Fsp3) is 0.967. The number of aliphatic hydroxyl groups is 18. The third kappa shape index (κ3) is 13.0. The number of fused-ring (bicyclic) bond motifs is 5. The fourth-order valence-corrected chi connectivity index (χ4v) is 17.3. The Morgan fingerprint density at radius 1 is 0.539 bits per heavy atom. The van der Waals surface area contributed by atoms with Crippen LogP contribution in [-0.4, -0.2) is 296 Å². The van der Waals surface area contributed by atoms with Crippen molar-refractivity contribution in [2.45, 2.75) is 298 Å². The number of allylic oxidation sites excluding steroid dienone is 1. The number of aliphatic hydroxyl groups excluding tert-OH is 17. The van der Waals surface area contributed by atoms with Crippen LogP contribution in [0.4, 0.5) is 0 Å². The highest BCUT2D eigenvalue weighted by Gasteiger charge is 2.71. The summed E-state index contributed by atoms with van der Waals surface area (Å²) >= 11 is 0. The molecule has 0 bridgehead atoms. The van der Waals surface area contributed by atoms with Crippen LogP contribution in [0.15, 0.2) is 11.6 Å². The summed E-state index contributed by atoms with van der Waals surface area (Å²) in [6.07, 6.45) is -36.0. The molecule has 0 amide bonds. The Labute approximate surface area is 518 Å². The van der Waals surface area contributed by atoms with Crippen molar-refractivity contribution in [3.8, 4) is 0 Å². The standard InChI is InChI=1S/C61H104O28/c1-10-28-37(66)42(71)48(77)53(81-28)88-50-45(74)40(69)31(22-64)84-55(50)87-36(58(5,6)79)15-11-24(2)25-17-18-59(7)33-14-12-26-27(61(33,9)34(65)19-60(25,59)8)13-16-35(57(26,3)4)86-56-51(89-54-49(78)44(73)39(68)30(21-63)83-54)46(75)41(70)32(85-56)23-80-52-47(76)43(72)38(67)29(20-62)82-52/h12,24-25,27-56,62-79H,10-11,13-23H2,1-9H3/t24-,25?,27?,28+,29-,30+,31-,32-,33?,34-,35+,36-,37+,38-,39+,40-,41-,42-,43+,44-,45+,46+,47-,48+,49+,50-,51-,52-,53-,54-,55+,56+,59+,60-,61+/m1/s1. The second-order valence-corrected chi connectivity index (χ2v) is 28.9.